The van der Waals surface area contributed by atoms with Gasteiger partial charge in [0.25, 0.3) is 10.0 Å². The van der Waals surface area contributed by atoms with Gasteiger partial charge in [-0.05, 0) is 12.8 Å². The second-order valence-electron chi connectivity index (χ2n) is 4.91. The lowest BCUT2D eigenvalue weighted by atomic mass is 10.2. The van der Waals surface area contributed by atoms with Gasteiger partial charge in [-0.25, -0.2) is 13.4 Å². The van der Waals surface area contributed by atoms with Gasteiger partial charge in [-0.15, -0.1) is 0 Å². The van der Waals surface area contributed by atoms with Crippen LogP contribution in [0.15, 0.2) is 17.6 Å². The van der Waals surface area contributed by atoms with Crippen molar-refractivity contribution in [3.63, 3.8) is 0 Å². The highest BCUT2D eigenvalue weighted by molar-refractivity contribution is 7.89. The van der Waals surface area contributed by atoms with Crippen LogP contribution >= 0.6 is 0 Å². The first-order valence-electron chi connectivity index (χ1n) is 6.47. The molecule has 1 saturated carbocycles. The molecule has 0 radical (unpaired) electrons. The highest BCUT2D eigenvalue weighted by atomic mass is 32.2. The number of H-pyrrole nitrogens is 1. The number of nitrogens with one attached hydrogen (secondary N) is 2. The third-order valence-electron chi connectivity index (χ3n) is 3.37. The van der Waals surface area contributed by atoms with Crippen LogP contribution in [0.3, 0.4) is 0 Å². The topological polar surface area (TPSA) is 104 Å². The number of aromatic amines is 1. The molecule has 1 aromatic heterocycles. The van der Waals surface area contributed by atoms with E-state index in [0.29, 0.717) is 0 Å². The second-order valence-corrected chi connectivity index (χ2v) is 6.76. The number of rotatable bonds is 4. The molecule has 110 valence electrons. The van der Waals surface area contributed by atoms with Gasteiger partial charge in [-0.1, -0.05) is 0 Å². The Balaban J connectivity index is 1.82. The Morgan fingerprint density at radius 1 is 1.50 bits per heavy atom. The zero-order valence-electron chi connectivity index (χ0n) is 10.8. The van der Waals surface area contributed by atoms with Crippen LogP contribution in [0.2, 0.25) is 0 Å². The minimum absolute atomic E-state index is 0.0105. The Bertz CT molecular complexity index is 582. The predicted octanol–water partition coefficient (Wildman–Crippen LogP) is -0.922. The molecule has 1 aliphatic heterocycles. The summed E-state index contributed by atoms with van der Waals surface area (Å²) in [5.41, 5.74) is 0. The summed E-state index contributed by atoms with van der Waals surface area (Å²) < 4.78 is 31.4. The van der Waals surface area contributed by atoms with Crippen molar-refractivity contribution in [3.05, 3.63) is 12.5 Å². The molecule has 1 aromatic rings. The molecule has 1 atom stereocenters. The van der Waals surface area contributed by atoms with Gasteiger partial charge in [-0.3, -0.25) is 4.79 Å². The summed E-state index contributed by atoms with van der Waals surface area (Å²) in [6.45, 7) is 0.511. The van der Waals surface area contributed by atoms with Crippen LogP contribution in [-0.2, 0) is 19.6 Å². The molecule has 9 heteroatoms. The number of aromatic nitrogens is 2. The summed E-state index contributed by atoms with van der Waals surface area (Å²) in [5.74, 6) is -0.296. The standard InChI is InChI=1S/C11H16N4O4S/c16-11(14-8-1-2-8)9-6-19-4-3-15(9)20(17,18)10-5-12-7-13-10/h5,7-9H,1-4,6H2,(H,12,13)(H,14,16). The minimum atomic E-state index is -3.75. The lowest BCUT2D eigenvalue weighted by Gasteiger charge is -2.33. The Morgan fingerprint density at radius 3 is 2.95 bits per heavy atom. The average Bonchev–Trinajstić information content (AvgIpc) is 3.08. The van der Waals surface area contributed by atoms with Gasteiger partial charge >= 0.3 is 0 Å². The van der Waals surface area contributed by atoms with Crippen LogP contribution < -0.4 is 5.32 Å². The Kier molecular flexibility index (Phi) is 3.48. The van der Waals surface area contributed by atoms with Gasteiger partial charge in [0.15, 0.2) is 5.03 Å². The molecular weight excluding hydrogens is 284 g/mol. The largest absolute Gasteiger partial charge is 0.378 e. The Morgan fingerprint density at radius 2 is 2.30 bits per heavy atom. The van der Waals surface area contributed by atoms with E-state index in [1.807, 2.05) is 0 Å². The van der Waals surface area contributed by atoms with Crippen molar-refractivity contribution >= 4 is 15.9 Å². The number of morpholine rings is 1. The van der Waals surface area contributed by atoms with Crippen molar-refractivity contribution in [2.45, 2.75) is 30.0 Å². The molecule has 2 N–H and O–H groups in total. The monoisotopic (exact) mass is 300 g/mol. The molecule has 1 unspecified atom stereocenters. The number of ether oxygens (including phenoxy) is 1. The maximum absolute atomic E-state index is 12.5. The van der Waals surface area contributed by atoms with Crippen molar-refractivity contribution in [1.29, 1.82) is 0 Å². The third-order valence-corrected chi connectivity index (χ3v) is 5.20. The number of imidazole rings is 1. The second kappa shape index (κ2) is 5.15. The lowest BCUT2D eigenvalue weighted by Crippen LogP contribution is -2.56. The van der Waals surface area contributed by atoms with Gasteiger partial charge in [0.1, 0.15) is 6.04 Å². The molecule has 20 heavy (non-hydrogen) atoms. The maximum Gasteiger partial charge on any atom is 0.261 e. The number of carbonyl (C=O) groups excluding carboxylic acids is 1. The van der Waals surface area contributed by atoms with Gasteiger partial charge < -0.3 is 15.0 Å². The van der Waals surface area contributed by atoms with Gasteiger partial charge in [-0.2, -0.15) is 4.31 Å². The van der Waals surface area contributed by atoms with Crippen LogP contribution in [0, 0.1) is 0 Å². The molecule has 2 heterocycles. The molecule has 0 aromatic carbocycles. The van der Waals surface area contributed by atoms with E-state index >= 15 is 0 Å². The van der Waals surface area contributed by atoms with E-state index < -0.39 is 16.1 Å². The fourth-order valence-corrected chi connectivity index (χ4v) is 3.57. The van der Waals surface area contributed by atoms with Crippen LogP contribution in [0.25, 0.3) is 0 Å². The molecule has 0 bridgehead atoms. The van der Waals surface area contributed by atoms with E-state index in [4.69, 9.17) is 4.74 Å². The van der Waals surface area contributed by atoms with E-state index in [0.717, 1.165) is 12.8 Å². The van der Waals surface area contributed by atoms with Crippen LogP contribution in [0.1, 0.15) is 12.8 Å². The molecule has 1 saturated heterocycles. The molecule has 2 fully saturated rings. The van der Waals surface area contributed by atoms with Crippen LogP contribution in [0.4, 0.5) is 0 Å². The first kappa shape index (κ1) is 13.5. The lowest BCUT2D eigenvalue weighted by molar-refractivity contribution is -0.129. The molecule has 8 nitrogen and oxygen atoms in total. The summed E-state index contributed by atoms with van der Waals surface area (Å²) in [6, 6.07) is -0.640. The van der Waals surface area contributed by atoms with Crippen molar-refractivity contribution in [1.82, 2.24) is 19.6 Å². The molecule has 1 amide bonds. The molecule has 3 rings (SSSR count). The van der Waals surface area contributed by atoms with Crippen molar-refractivity contribution in [2.75, 3.05) is 19.8 Å². The van der Waals surface area contributed by atoms with E-state index in [1.165, 1.54) is 16.8 Å². The van der Waals surface area contributed by atoms with E-state index in [9.17, 15) is 13.2 Å². The van der Waals surface area contributed by atoms with E-state index in [1.54, 1.807) is 0 Å². The fraction of sp³-hybridized carbons (Fsp3) is 0.636. The summed E-state index contributed by atoms with van der Waals surface area (Å²) in [6.07, 6.45) is 4.44. The quantitative estimate of drug-likeness (QED) is 0.748. The first-order valence-corrected chi connectivity index (χ1v) is 7.91. The fourth-order valence-electron chi connectivity index (χ4n) is 2.12. The highest BCUT2D eigenvalue weighted by Crippen LogP contribution is 2.22. The third kappa shape index (κ3) is 2.56. The smallest absolute Gasteiger partial charge is 0.261 e. The molecular formula is C11H16N4O4S. The SMILES string of the molecule is O=C(NC1CC1)C1COCCN1S(=O)(=O)c1cnc[nH]1. The summed E-state index contributed by atoms with van der Waals surface area (Å²) in [5, 5.41) is 2.81. The number of carbonyl (C=O) groups is 1. The summed E-state index contributed by atoms with van der Waals surface area (Å²) in [7, 11) is -3.75. The van der Waals surface area contributed by atoms with E-state index in [-0.39, 0.29) is 36.7 Å². The predicted molar refractivity (Wildman–Crippen MR) is 68.3 cm³/mol. The summed E-state index contributed by atoms with van der Waals surface area (Å²) >= 11 is 0. The van der Waals surface area contributed by atoms with Crippen molar-refractivity contribution in [2.24, 2.45) is 0 Å². The minimum Gasteiger partial charge on any atom is -0.378 e. The van der Waals surface area contributed by atoms with Gasteiger partial charge in [0, 0.05) is 12.6 Å². The maximum atomic E-state index is 12.5. The van der Waals surface area contributed by atoms with Crippen molar-refractivity contribution in [3.8, 4) is 0 Å². The van der Waals surface area contributed by atoms with E-state index in [2.05, 4.69) is 15.3 Å². The zero-order valence-corrected chi connectivity index (χ0v) is 11.6. The Labute approximate surface area is 116 Å². The zero-order chi connectivity index (χ0) is 14.2. The van der Waals surface area contributed by atoms with Crippen LogP contribution in [-0.4, -0.2) is 60.4 Å². The summed E-state index contributed by atoms with van der Waals surface area (Å²) in [4.78, 5) is 18.4. The first-order chi connectivity index (χ1) is 9.59. The molecule has 2 aliphatic rings. The normalized spacial score (nSPS) is 24.5. The van der Waals surface area contributed by atoms with Gasteiger partial charge in [0.05, 0.1) is 25.7 Å². The number of sulfonamides is 1. The number of hydrogen-bond donors (Lipinski definition) is 2. The average molecular weight is 300 g/mol. The van der Waals surface area contributed by atoms with Gasteiger partial charge in [0.2, 0.25) is 5.91 Å². The number of hydrogen-bond acceptors (Lipinski definition) is 5. The molecule has 1 aliphatic carbocycles. The van der Waals surface area contributed by atoms with Crippen LogP contribution in [0.5, 0.6) is 0 Å². The highest BCUT2D eigenvalue weighted by Gasteiger charge is 2.40. The molecule has 0 spiro atoms. The number of nitrogens with zero attached hydrogens (tertiary/aromatic N) is 2. The van der Waals surface area contributed by atoms with Crippen molar-refractivity contribution < 1.29 is 17.9 Å². The Hall–Kier alpha value is -1.45. The number of amides is 1.